The van der Waals surface area contributed by atoms with Gasteiger partial charge in [-0.3, -0.25) is 0 Å². The standard InChI is InChI=1S/C14H18Cl2N2O2/c1-14(2,3)20-13(19)17-7-5-4-6-10-8-11(15)18-12(16)9-10/h4,6,8-9H,5,7H2,1-3H3,(H,17,19). The lowest BCUT2D eigenvalue weighted by molar-refractivity contribution is 0.0529. The van der Waals surface area contributed by atoms with Gasteiger partial charge in [0.1, 0.15) is 15.9 Å². The van der Waals surface area contributed by atoms with Gasteiger partial charge in [-0.2, -0.15) is 0 Å². The zero-order valence-corrected chi connectivity index (χ0v) is 13.3. The largest absolute Gasteiger partial charge is 0.444 e. The van der Waals surface area contributed by atoms with Gasteiger partial charge in [0.05, 0.1) is 0 Å². The molecule has 1 N–H and O–H groups in total. The zero-order valence-electron chi connectivity index (χ0n) is 11.7. The topological polar surface area (TPSA) is 51.2 Å². The number of hydrogen-bond acceptors (Lipinski definition) is 3. The quantitative estimate of drug-likeness (QED) is 0.665. The average Bonchev–Trinajstić information content (AvgIpc) is 2.24. The van der Waals surface area contributed by atoms with Crippen LogP contribution < -0.4 is 5.32 Å². The van der Waals surface area contributed by atoms with Crippen molar-refractivity contribution in [2.45, 2.75) is 32.8 Å². The lowest BCUT2D eigenvalue weighted by Gasteiger charge is -2.19. The van der Waals surface area contributed by atoms with Gasteiger partial charge in [0, 0.05) is 6.54 Å². The van der Waals surface area contributed by atoms with E-state index in [4.69, 9.17) is 27.9 Å². The van der Waals surface area contributed by atoms with Gasteiger partial charge >= 0.3 is 6.09 Å². The molecule has 0 spiro atoms. The molecular weight excluding hydrogens is 299 g/mol. The van der Waals surface area contributed by atoms with Crippen LogP contribution in [-0.4, -0.2) is 23.2 Å². The Labute approximate surface area is 129 Å². The lowest BCUT2D eigenvalue weighted by Crippen LogP contribution is -2.32. The summed E-state index contributed by atoms with van der Waals surface area (Å²) in [5, 5.41) is 3.37. The monoisotopic (exact) mass is 316 g/mol. The maximum Gasteiger partial charge on any atom is 0.407 e. The van der Waals surface area contributed by atoms with E-state index in [0.29, 0.717) is 23.3 Å². The molecule has 0 unspecified atom stereocenters. The molecule has 0 radical (unpaired) electrons. The number of alkyl carbamates (subject to hydrolysis) is 1. The minimum atomic E-state index is -0.482. The average molecular weight is 317 g/mol. The number of rotatable bonds is 4. The number of halogens is 2. The number of nitrogens with one attached hydrogen (secondary N) is 1. The van der Waals surface area contributed by atoms with Crippen LogP contribution in [0.1, 0.15) is 32.8 Å². The summed E-state index contributed by atoms with van der Waals surface area (Å²) in [6, 6.07) is 3.43. The third-order valence-corrected chi connectivity index (χ3v) is 2.46. The van der Waals surface area contributed by atoms with Gasteiger partial charge in [-0.25, -0.2) is 9.78 Å². The van der Waals surface area contributed by atoms with E-state index in [1.165, 1.54) is 0 Å². The van der Waals surface area contributed by atoms with E-state index in [1.807, 2.05) is 32.9 Å². The van der Waals surface area contributed by atoms with E-state index in [-0.39, 0.29) is 0 Å². The van der Waals surface area contributed by atoms with Crippen LogP contribution in [0.5, 0.6) is 0 Å². The molecule has 0 saturated carbocycles. The van der Waals surface area contributed by atoms with E-state index in [0.717, 1.165) is 5.56 Å². The molecule has 0 aliphatic rings. The maximum atomic E-state index is 11.4. The number of carbonyl (C=O) groups is 1. The smallest absolute Gasteiger partial charge is 0.407 e. The second-order valence-corrected chi connectivity index (χ2v) is 5.94. The first kappa shape index (κ1) is 16.8. The van der Waals surface area contributed by atoms with E-state index in [9.17, 15) is 4.79 Å². The Balaban J connectivity index is 2.34. The molecule has 1 amide bonds. The molecule has 1 rings (SSSR count). The van der Waals surface area contributed by atoms with Crippen LogP contribution in [0, 0.1) is 0 Å². The van der Waals surface area contributed by atoms with Crippen LogP contribution >= 0.6 is 23.2 Å². The fourth-order valence-electron chi connectivity index (χ4n) is 1.37. The molecule has 20 heavy (non-hydrogen) atoms. The first-order valence-electron chi connectivity index (χ1n) is 6.23. The molecule has 0 aromatic carbocycles. The van der Waals surface area contributed by atoms with Crippen molar-refractivity contribution in [3.63, 3.8) is 0 Å². The molecule has 0 fully saturated rings. The van der Waals surface area contributed by atoms with Crippen molar-refractivity contribution in [2.24, 2.45) is 0 Å². The van der Waals surface area contributed by atoms with Crippen molar-refractivity contribution in [3.05, 3.63) is 34.1 Å². The highest BCUT2D eigenvalue weighted by atomic mass is 35.5. The Kier molecular flexibility index (Phi) is 6.30. The number of aromatic nitrogens is 1. The summed E-state index contributed by atoms with van der Waals surface area (Å²) in [7, 11) is 0. The number of amides is 1. The number of nitrogens with zero attached hydrogens (tertiary/aromatic N) is 1. The highest BCUT2D eigenvalue weighted by Gasteiger charge is 2.15. The number of pyridine rings is 1. The number of carbonyl (C=O) groups excluding carboxylic acids is 1. The first-order valence-corrected chi connectivity index (χ1v) is 6.98. The van der Waals surface area contributed by atoms with Crippen LogP contribution in [0.3, 0.4) is 0 Å². The van der Waals surface area contributed by atoms with Crippen molar-refractivity contribution in [2.75, 3.05) is 6.54 Å². The fourth-order valence-corrected chi connectivity index (χ4v) is 1.85. The Morgan fingerprint density at radius 3 is 2.50 bits per heavy atom. The summed E-state index contributed by atoms with van der Waals surface area (Å²) < 4.78 is 5.12. The van der Waals surface area contributed by atoms with Gasteiger partial charge in [0.15, 0.2) is 0 Å². The number of ether oxygens (including phenoxy) is 1. The van der Waals surface area contributed by atoms with Crippen molar-refractivity contribution in [1.29, 1.82) is 0 Å². The van der Waals surface area contributed by atoms with Gasteiger partial charge in [-0.1, -0.05) is 35.4 Å². The normalized spacial score (nSPS) is 11.7. The highest BCUT2D eigenvalue weighted by molar-refractivity contribution is 6.32. The third kappa shape index (κ3) is 7.36. The molecule has 1 aromatic rings. The van der Waals surface area contributed by atoms with Crippen LogP contribution in [-0.2, 0) is 4.74 Å². The summed E-state index contributed by atoms with van der Waals surface area (Å²) >= 11 is 11.6. The van der Waals surface area contributed by atoms with Crippen LogP contribution in [0.15, 0.2) is 18.2 Å². The summed E-state index contributed by atoms with van der Waals surface area (Å²) in [6.07, 6.45) is 4.05. The van der Waals surface area contributed by atoms with Crippen molar-refractivity contribution in [3.8, 4) is 0 Å². The van der Waals surface area contributed by atoms with Gasteiger partial charge in [0.2, 0.25) is 0 Å². The third-order valence-electron chi connectivity index (χ3n) is 2.07. The van der Waals surface area contributed by atoms with E-state index >= 15 is 0 Å². The van der Waals surface area contributed by atoms with E-state index in [1.54, 1.807) is 12.1 Å². The molecule has 0 aliphatic heterocycles. The minimum absolute atomic E-state index is 0.351. The minimum Gasteiger partial charge on any atom is -0.444 e. The molecule has 1 heterocycles. The molecule has 110 valence electrons. The summed E-state index contributed by atoms with van der Waals surface area (Å²) in [6.45, 7) is 5.97. The summed E-state index contributed by atoms with van der Waals surface area (Å²) in [5.41, 5.74) is 0.386. The van der Waals surface area contributed by atoms with Gasteiger partial charge in [0.25, 0.3) is 0 Å². The zero-order chi connectivity index (χ0) is 15.2. The van der Waals surface area contributed by atoms with E-state index < -0.39 is 11.7 Å². The van der Waals surface area contributed by atoms with Gasteiger partial charge in [-0.05, 0) is 44.9 Å². The molecule has 0 aliphatic carbocycles. The first-order chi connectivity index (χ1) is 9.26. The van der Waals surface area contributed by atoms with Crippen molar-refractivity contribution >= 4 is 35.4 Å². The van der Waals surface area contributed by atoms with E-state index in [2.05, 4.69) is 10.3 Å². The molecule has 0 saturated heterocycles. The Hall–Kier alpha value is -1.26. The fraction of sp³-hybridized carbons (Fsp3) is 0.429. The maximum absolute atomic E-state index is 11.4. The predicted octanol–water partition coefficient (Wildman–Crippen LogP) is 4.32. The van der Waals surface area contributed by atoms with Gasteiger partial charge in [-0.15, -0.1) is 0 Å². The molecule has 1 aromatic heterocycles. The van der Waals surface area contributed by atoms with Crippen LogP contribution in [0.25, 0.3) is 6.08 Å². The summed E-state index contributed by atoms with van der Waals surface area (Å²) in [4.78, 5) is 15.2. The van der Waals surface area contributed by atoms with Gasteiger partial charge < -0.3 is 10.1 Å². The SMILES string of the molecule is CC(C)(C)OC(=O)NCCC=Cc1cc(Cl)nc(Cl)c1. The Morgan fingerprint density at radius 2 is 1.95 bits per heavy atom. The molecule has 6 heteroatoms. The Bertz CT molecular complexity index is 476. The molecular formula is C14H18Cl2N2O2. The summed E-state index contributed by atoms with van der Waals surface area (Å²) in [5.74, 6) is 0. The Morgan fingerprint density at radius 1 is 1.35 bits per heavy atom. The molecule has 0 bridgehead atoms. The second kappa shape index (κ2) is 7.50. The number of hydrogen-bond donors (Lipinski definition) is 1. The predicted molar refractivity (Wildman–Crippen MR) is 82.1 cm³/mol. The van der Waals surface area contributed by atoms with Crippen LogP contribution in [0.4, 0.5) is 4.79 Å². The molecule has 0 atom stereocenters. The van der Waals surface area contributed by atoms with Crippen molar-refractivity contribution in [1.82, 2.24) is 10.3 Å². The molecule has 4 nitrogen and oxygen atoms in total. The van der Waals surface area contributed by atoms with Crippen LogP contribution in [0.2, 0.25) is 10.3 Å². The second-order valence-electron chi connectivity index (χ2n) is 5.17. The van der Waals surface area contributed by atoms with Crippen molar-refractivity contribution < 1.29 is 9.53 Å². The highest BCUT2D eigenvalue weighted by Crippen LogP contribution is 2.15. The lowest BCUT2D eigenvalue weighted by atomic mass is 10.2.